The van der Waals surface area contributed by atoms with E-state index in [4.69, 9.17) is 4.74 Å². The highest BCUT2D eigenvalue weighted by Gasteiger charge is 2.14. The highest BCUT2D eigenvalue weighted by molar-refractivity contribution is 5.96. The molecule has 124 valence electrons. The zero-order valence-corrected chi connectivity index (χ0v) is 13.6. The monoisotopic (exact) mass is 324 g/mol. The topological polar surface area (TPSA) is 67.4 Å². The fourth-order valence-electron chi connectivity index (χ4n) is 2.66. The minimum Gasteiger partial charge on any atom is -0.491 e. The van der Waals surface area contributed by atoms with Crippen LogP contribution in [0.4, 0.5) is 11.4 Å². The van der Waals surface area contributed by atoms with E-state index in [1.54, 1.807) is 18.2 Å². The molecule has 1 aliphatic rings. The normalized spacial score (nSPS) is 13.3. The molecule has 24 heavy (non-hydrogen) atoms. The Balaban J connectivity index is 1.62. The number of aryl methyl sites for hydroxylation is 2. The van der Waals surface area contributed by atoms with Crippen molar-refractivity contribution in [3.8, 4) is 5.75 Å². The van der Waals surface area contributed by atoms with E-state index in [1.165, 1.54) is 11.1 Å². The SMILES string of the molecule is Cc1ccccc1CCC(=O)Nc1ccc2c(c1)NC(=O)CCO2. The smallest absolute Gasteiger partial charge is 0.227 e. The summed E-state index contributed by atoms with van der Waals surface area (Å²) in [7, 11) is 0. The van der Waals surface area contributed by atoms with Gasteiger partial charge in [-0.15, -0.1) is 0 Å². The molecule has 0 unspecified atom stereocenters. The summed E-state index contributed by atoms with van der Waals surface area (Å²) in [6, 6.07) is 13.3. The molecule has 2 amide bonds. The molecule has 2 N–H and O–H groups in total. The number of amides is 2. The number of nitrogens with one attached hydrogen (secondary N) is 2. The summed E-state index contributed by atoms with van der Waals surface area (Å²) in [6.07, 6.45) is 1.43. The van der Waals surface area contributed by atoms with Crippen molar-refractivity contribution in [2.45, 2.75) is 26.2 Å². The Morgan fingerprint density at radius 1 is 1.25 bits per heavy atom. The van der Waals surface area contributed by atoms with Gasteiger partial charge in [0.2, 0.25) is 11.8 Å². The first kappa shape index (κ1) is 16.1. The van der Waals surface area contributed by atoms with E-state index >= 15 is 0 Å². The maximum Gasteiger partial charge on any atom is 0.227 e. The summed E-state index contributed by atoms with van der Waals surface area (Å²) in [5, 5.41) is 5.66. The minimum atomic E-state index is -0.0863. The van der Waals surface area contributed by atoms with Crippen LogP contribution in [-0.2, 0) is 16.0 Å². The van der Waals surface area contributed by atoms with Gasteiger partial charge < -0.3 is 15.4 Å². The van der Waals surface area contributed by atoms with E-state index in [0.29, 0.717) is 43.0 Å². The molecule has 0 radical (unpaired) electrons. The largest absolute Gasteiger partial charge is 0.491 e. The van der Waals surface area contributed by atoms with Crippen molar-refractivity contribution in [3.63, 3.8) is 0 Å². The maximum absolute atomic E-state index is 12.2. The summed E-state index contributed by atoms with van der Waals surface area (Å²) in [4.78, 5) is 23.8. The lowest BCUT2D eigenvalue weighted by molar-refractivity contribution is -0.117. The Kier molecular flexibility index (Phi) is 4.79. The fourth-order valence-corrected chi connectivity index (χ4v) is 2.66. The zero-order chi connectivity index (χ0) is 16.9. The molecule has 3 rings (SSSR count). The molecule has 0 bridgehead atoms. The predicted molar refractivity (Wildman–Crippen MR) is 93.3 cm³/mol. The van der Waals surface area contributed by atoms with E-state index < -0.39 is 0 Å². The average Bonchev–Trinajstić information content (AvgIpc) is 2.74. The molecule has 0 atom stereocenters. The Labute approximate surface area is 141 Å². The zero-order valence-electron chi connectivity index (χ0n) is 13.6. The van der Waals surface area contributed by atoms with E-state index in [-0.39, 0.29) is 11.8 Å². The quantitative estimate of drug-likeness (QED) is 0.907. The number of hydrogen-bond acceptors (Lipinski definition) is 3. The van der Waals surface area contributed by atoms with Crippen LogP contribution in [0.1, 0.15) is 24.0 Å². The summed E-state index contributed by atoms with van der Waals surface area (Å²) in [5.41, 5.74) is 3.61. The second kappa shape index (κ2) is 7.17. The van der Waals surface area contributed by atoms with Crippen LogP contribution in [0.15, 0.2) is 42.5 Å². The second-order valence-corrected chi connectivity index (χ2v) is 5.83. The second-order valence-electron chi connectivity index (χ2n) is 5.83. The summed E-state index contributed by atoms with van der Waals surface area (Å²) >= 11 is 0. The van der Waals surface area contributed by atoms with E-state index in [1.807, 2.05) is 31.2 Å². The van der Waals surface area contributed by atoms with Crippen molar-refractivity contribution in [1.82, 2.24) is 0 Å². The Hall–Kier alpha value is -2.82. The Morgan fingerprint density at radius 2 is 2.08 bits per heavy atom. The van der Waals surface area contributed by atoms with Gasteiger partial charge in [-0.3, -0.25) is 9.59 Å². The van der Waals surface area contributed by atoms with Crippen LogP contribution in [0, 0.1) is 6.92 Å². The minimum absolute atomic E-state index is 0.0564. The third-order valence-corrected chi connectivity index (χ3v) is 4.01. The summed E-state index contributed by atoms with van der Waals surface area (Å²) in [6.45, 7) is 2.41. The van der Waals surface area contributed by atoms with Gasteiger partial charge in [0.1, 0.15) is 5.75 Å². The fraction of sp³-hybridized carbons (Fsp3) is 0.263. The molecular weight excluding hydrogens is 304 g/mol. The first-order valence-electron chi connectivity index (χ1n) is 8.03. The van der Waals surface area contributed by atoms with Crippen LogP contribution in [0.5, 0.6) is 5.75 Å². The van der Waals surface area contributed by atoms with E-state index in [9.17, 15) is 9.59 Å². The van der Waals surface area contributed by atoms with Crippen LogP contribution in [0.3, 0.4) is 0 Å². The lowest BCUT2D eigenvalue weighted by Gasteiger charge is -2.11. The standard InChI is InChI=1S/C19H20N2O3/c1-13-4-2-3-5-14(13)6-9-18(22)20-15-7-8-17-16(12-15)21-19(23)10-11-24-17/h2-5,7-8,12H,6,9-11H2,1H3,(H,20,22)(H,21,23). The van der Waals surface area contributed by atoms with Gasteiger partial charge in [0.05, 0.1) is 18.7 Å². The molecule has 1 heterocycles. The number of hydrogen-bond donors (Lipinski definition) is 2. The highest BCUT2D eigenvalue weighted by Crippen LogP contribution is 2.30. The average molecular weight is 324 g/mol. The first-order valence-corrected chi connectivity index (χ1v) is 8.03. The molecule has 5 nitrogen and oxygen atoms in total. The van der Waals surface area contributed by atoms with Gasteiger partial charge in [-0.05, 0) is 42.7 Å². The van der Waals surface area contributed by atoms with Gasteiger partial charge in [-0.1, -0.05) is 24.3 Å². The number of rotatable bonds is 4. The number of fused-ring (bicyclic) bond motifs is 1. The van der Waals surface area contributed by atoms with Gasteiger partial charge in [0.25, 0.3) is 0 Å². The molecule has 0 aromatic heterocycles. The van der Waals surface area contributed by atoms with Crippen LogP contribution in [0.2, 0.25) is 0 Å². The van der Waals surface area contributed by atoms with Crippen LogP contribution in [0.25, 0.3) is 0 Å². The molecule has 0 aliphatic carbocycles. The molecule has 0 spiro atoms. The van der Waals surface area contributed by atoms with Crippen LogP contribution < -0.4 is 15.4 Å². The Bertz CT molecular complexity index is 771. The number of carbonyl (C=O) groups is 2. The van der Waals surface area contributed by atoms with Gasteiger partial charge in [0.15, 0.2) is 0 Å². The van der Waals surface area contributed by atoms with Crippen molar-refractivity contribution in [2.24, 2.45) is 0 Å². The van der Waals surface area contributed by atoms with Crippen molar-refractivity contribution >= 4 is 23.2 Å². The van der Waals surface area contributed by atoms with Gasteiger partial charge >= 0.3 is 0 Å². The third-order valence-electron chi connectivity index (χ3n) is 4.01. The summed E-state index contributed by atoms with van der Waals surface area (Å²) < 4.78 is 5.50. The molecule has 2 aromatic rings. The number of benzene rings is 2. The molecule has 0 fully saturated rings. The van der Waals surface area contributed by atoms with Crippen LogP contribution >= 0.6 is 0 Å². The van der Waals surface area contributed by atoms with Gasteiger partial charge in [-0.25, -0.2) is 0 Å². The van der Waals surface area contributed by atoms with E-state index in [2.05, 4.69) is 10.6 Å². The third kappa shape index (κ3) is 3.93. The molecular formula is C19H20N2O3. The number of anilines is 2. The van der Waals surface area contributed by atoms with Crippen molar-refractivity contribution in [3.05, 3.63) is 53.6 Å². The first-order chi connectivity index (χ1) is 11.6. The number of carbonyl (C=O) groups excluding carboxylic acids is 2. The van der Waals surface area contributed by atoms with E-state index in [0.717, 1.165) is 0 Å². The highest BCUT2D eigenvalue weighted by atomic mass is 16.5. The van der Waals surface area contributed by atoms with Crippen LogP contribution in [-0.4, -0.2) is 18.4 Å². The molecule has 1 aliphatic heterocycles. The maximum atomic E-state index is 12.2. The van der Waals surface area contributed by atoms with Gasteiger partial charge in [0, 0.05) is 12.1 Å². The lowest BCUT2D eigenvalue weighted by atomic mass is 10.0. The molecule has 2 aromatic carbocycles. The Morgan fingerprint density at radius 3 is 2.92 bits per heavy atom. The molecule has 0 saturated heterocycles. The van der Waals surface area contributed by atoms with Crippen molar-refractivity contribution < 1.29 is 14.3 Å². The van der Waals surface area contributed by atoms with Crippen molar-refractivity contribution in [2.75, 3.05) is 17.2 Å². The van der Waals surface area contributed by atoms with Gasteiger partial charge in [-0.2, -0.15) is 0 Å². The summed E-state index contributed by atoms with van der Waals surface area (Å²) in [5.74, 6) is 0.481. The van der Waals surface area contributed by atoms with Crippen molar-refractivity contribution in [1.29, 1.82) is 0 Å². The molecule has 5 heteroatoms. The predicted octanol–water partition coefficient (Wildman–Crippen LogP) is 3.29. The lowest BCUT2D eigenvalue weighted by Crippen LogP contribution is -2.13. The number of ether oxygens (including phenoxy) is 1. The molecule has 0 saturated carbocycles.